The number of benzene rings is 1. The van der Waals surface area contributed by atoms with Crippen molar-refractivity contribution in [2.75, 3.05) is 6.54 Å². The van der Waals surface area contributed by atoms with Crippen LogP contribution in [0.4, 0.5) is 4.39 Å². The summed E-state index contributed by atoms with van der Waals surface area (Å²) in [6.45, 7) is 3.49. The molecule has 0 fully saturated rings. The molecule has 1 aromatic heterocycles. The van der Waals surface area contributed by atoms with Crippen molar-refractivity contribution in [1.82, 2.24) is 5.32 Å². The molecule has 21 heavy (non-hydrogen) atoms. The van der Waals surface area contributed by atoms with Crippen LogP contribution in [0.3, 0.4) is 0 Å². The van der Waals surface area contributed by atoms with Crippen LogP contribution in [-0.4, -0.2) is 17.6 Å². The van der Waals surface area contributed by atoms with Crippen molar-refractivity contribution in [2.45, 2.75) is 25.4 Å². The maximum Gasteiger partial charge on any atom is 0.227 e. The number of carbonyl (C=O) groups is 1. The van der Waals surface area contributed by atoms with Crippen LogP contribution in [0.25, 0.3) is 0 Å². The van der Waals surface area contributed by atoms with Gasteiger partial charge in [0, 0.05) is 4.88 Å². The minimum atomic E-state index is -1.11. The van der Waals surface area contributed by atoms with Gasteiger partial charge >= 0.3 is 0 Å². The molecule has 1 heterocycles. The van der Waals surface area contributed by atoms with Gasteiger partial charge < -0.3 is 10.4 Å². The fourth-order valence-corrected chi connectivity index (χ4v) is 2.80. The second-order valence-electron chi connectivity index (χ2n) is 5.25. The standard InChI is InChI=1S/C16H18FNO2S/c1-11(12-5-3-6-13(17)9-12)15(19)18-10-16(2,20)14-7-4-8-21-14/h3-9,11,20H,10H2,1-2H3,(H,18,19). The lowest BCUT2D eigenvalue weighted by Gasteiger charge is -2.23. The first-order valence-electron chi connectivity index (χ1n) is 6.70. The van der Waals surface area contributed by atoms with Gasteiger partial charge in [-0.1, -0.05) is 18.2 Å². The predicted octanol–water partition coefficient (Wildman–Crippen LogP) is 3.01. The number of thiophene rings is 1. The smallest absolute Gasteiger partial charge is 0.227 e. The highest BCUT2D eigenvalue weighted by Crippen LogP contribution is 2.25. The monoisotopic (exact) mass is 307 g/mol. The summed E-state index contributed by atoms with van der Waals surface area (Å²) in [7, 11) is 0. The minimum Gasteiger partial charge on any atom is -0.383 e. The maximum atomic E-state index is 13.2. The van der Waals surface area contributed by atoms with E-state index in [1.54, 1.807) is 26.0 Å². The number of aliphatic hydroxyl groups is 1. The third kappa shape index (κ3) is 3.89. The molecule has 0 radical (unpaired) electrons. The van der Waals surface area contributed by atoms with Crippen LogP contribution in [0.1, 0.15) is 30.2 Å². The lowest BCUT2D eigenvalue weighted by Crippen LogP contribution is -2.39. The highest BCUT2D eigenvalue weighted by Gasteiger charge is 2.26. The van der Waals surface area contributed by atoms with E-state index in [1.807, 2.05) is 17.5 Å². The summed E-state index contributed by atoms with van der Waals surface area (Å²) in [5.41, 5.74) is -0.492. The third-order valence-corrected chi connectivity index (χ3v) is 4.52. The van der Waals surface area contributed by atoms with Crippen LogP contribution in [-0.2, 0) is 10.4 Å². The number of halogens is 1. The zero-order valence-corrected chi connectivity index (χ0v) is 12.8. The number of rotatable bonds is 5. The zero-order valence-electron chi connectivity index (χ0n) is 12.0. The van der Waals surface area contributed by atoms with E-state index in [4.69, 9.17) is 0 Å². The molecule has 0 aliphatic rings. The number of amides is 1. The van der Waals surface area contributed by atoms with Gasteiger partial charge in [0.25, 0.3) is 0 Å². The summed E-state index contributed by atoms with van der Waals surface area (Å²) in [5.74, 6) is -1.07. The molecule has 2 N–H and O–H groups in total. The van der Waals surface area contributed by atoms with Gasteiger partial charge in [0.2, 0.25) is 5.91 Å². The van der Waals surface area contributed by atoms with Gasteiger partial charge in [0.05, 0.1) is 12.5 Å². The first-order chi connectivity index (χ1) is 9.90. The van der Waals surface area contributed by atoms with Crippen LogP contribution in [0.15, 0.2) is 41.8 Å². The normalized spacial score (nSPS) is 15.2. The van der Waals surface area contributed by atoms with Crippen molar-refractivity contribution in [3.05, 3.63) is 58.0 Å². The summed E-state index contributed by atoms with van der Waals surface area (Å²) in [4.78, 5) is 12.9. The van der Waals surface area contributed by atoms with Crippen molar-refractivity contribution in [2.24, 2.45) is 0 Å². The van der Waals surface area contributed by atoms with Crippen LogP contribution in [0.5, 0.6) is 0 Å². The summed E-state index contributed by atoms with van der Waals surface area (Å²) in [6.07, 6.45) is 0. The molecule has 0 saturated carbocycles. The number of hydrogen-bond acceptors (Lipinski definition) is 3. The predicted molar refractivity (Wildman–Crippen MR) is 81.7 cm³/mol. The molecule has 0 bridgehead atoms. The van der Waals surface area contributed by atoms with E-state index in [-0.39, 0.29) is 18.3 Å². The summed E-state index contributed by atoms with van der Waals surface area (Å²) in [6, 6.07) is 9.66. The van der Waals surface area contributed by atoms with Gasteiger partial charge in [-0.3, -0.25) is 4.79 Å². The fraction of sp³-hybridized carbons (Fsp3) is 0.312. The van der Waals surface area contributed by atoms with Gasteiger partial charge in [0.15, 0.2) is 0 Å². The Morgan fingerprint density at radius 1 is 1.43 bits per heavy atom. The lowest BCUT2D eigenvalue weighted by atomic mass is 9.99. The Kier molecular flexibility index (Phi) is 4.75. The molecule has 2 unspecified atom stereocenters. The second-order valence-corrected chi connectivity index (χ2v) is 6.19. The molecule has 0 saturated heterocycles. The average molecular weight is 307 g/mol. The molecule has 0 aliphatic heterocycles. The Balaban J connectivity index is 1.98. The summed E-state index contributed by atoms with van der Waals surface area (Å²) < 4.78 is 13.2. The minimum absolute atomic E-state index is 0.117. The van der Waals surface area contributed by atoms with E-state index in [0.717, 1.165) is 4.88 Å². The van der Waals surface area contributed by atoms with E-state index >= 15 is 0 Å². The zero-order chi connectivity index (χ0) is 15.5. The number of nitrogens with one attached hydrogen (secondary N) is 1. The molecule has 1 amide bonds. The van der Waals surface area contributed by atoms with Crippen LogP contribution in [0, 0.1) is 5.82 Å². The van der Waals surface area contributed by atoms with Crippen molar-refractivity contribution >= 4 is 17.2 Å². The summed E-state index contributed by atoms with van der Waals surface area (Å²) >= 11 is 1.44. The molecule has 0 spiro atoms. The van der Waals surface area contributed by atoms with Crippen LogP contribution in [0.2, 0.25) is 0 Å². The molecule has 1 aromatic carbocycles. The topological polar surface area (TPSA) is 49.3 Å². The molecule has 112 valence electrons. The molecule has 0 aliphatic carbocycles. The second kappa shape index (κ2) is 6.37. The third-order valence-electron chi connectivity index (χ3n) is 3.40. The van der Waals surface area contributed by atoms with E-state index in [9.17, 15) is 14.3 Å². The molecular formula is C16H18FNO2S. The first-order valence-corrected chi connectivity index (χ1v) is 7.57. The number of carbonyl (C=O) groups excluding carboxylic acids is 1. The fourth-order valence-electron chi connectivity index (χ4n) is 2.01. The van der Waals surface area contributed by atoms with Gasteiger partial charge in [-0.15, -0.1) is 11.3 Å². The van der Waals surface area contributed by atoms with Crippen molar-refractivity contribution in [3.8, 4) is 0 Å². The Morgan fingerprint density at radius 2 is 2.19 bits per heavy atom. The molecular weight excluding hydrogens is 289 g/mol. The molecule has 2 aromatic rings. The Hall–Kier alpha value is -1.72. The van der Waals surface area contributed by atoms with E-state index in [2.05, 4.69) is 5.32 Å². The quantitative estimate of drug-likeness (QED) is 0.892. The van der Waals surface area contributed by atoms with Crippen LogP contribution >= 0.6 is 11.3 Å². The SMILES string of the molecule is CC(C(=O)NCC(C)(O)c1cccs1)c1cccc(F)c1. The Morgan fingerprint density at radius 3 is 2.81 bits per heavy atom. The van der Waals surface area contributed by atoms with Crippen molar-refractivity contribution < 1.29 is 14.3 Å². The maximum absolute atomic E-state index is 13.2. The highest BCUT2D eigenvalue weighted by atomic mass is 32.1. The summed E-state index contributed by atoms with van der Waals surface area (Å²) in [5, 5.41) is 15.0. The lowest BCUT2D eigenvalue weighted by molar-refractivity contribution is -0.123. The van der Waals surface area contributed by atoms with Gasteiger partial charge in [-0.25, -0.2) is 4.39 Å². The highest BCUT2D eigenvalue weighted by molar-refractivity contribution is 7.10. The Labute approximate surface area is 127 Å². The molecule has 3 nitrogen and oxygen atoms in total. The Bertz CT molecular complexity index is 610. The van der Waals surface area contributed by atoms with Crippen molar-refractivity contribution in [3.63, 3.8) is 0 Å². The number of hydrogen-bond donors (Lipinski definition) is 2. The van der Waals surface area contributed by atoms with E-state index in [0.29, 0.717) is 5.56 Å². The van der Waals surface area contributed by atoms with Crippen LogP contribution < -0.4 is 5.32 Å². The van der Waals surface area contributed by atoms with Gasteiger partial charge in [0.1, 0.15) is 11.4 Å². The molecule has 2 atom stereocenters. The molecule has 5 heteroatoms. The van der Waals surface area contributed by atoms with Crippen molar-refractivity contribution in [1.29, 1.82) is 0 Å². The van der Waals surface area contributed by atoms with E-state index < -0.39 is 11.5 Å². The van der Waals surface area contributed by atoms with Gasteiger partial charge in [-0.2, -0.15) is 0 Å². The van der Waals surface area contributed by atoms with Gasteiger partial charge in [-0.05, 0) is 43.0 Å². The first kappa shape index (κ1) is 15.7. The largest absolute Gasteiger partial charge is 0.383 e. The van der Waals surface area contributed by atoms with E-state index in [1.165, 1.54) is 23.5 Å². The average Bonchev–Trinajstić information content (AvgIpc) is 2.99. The molecule has 2 rings (SSSR count).